The summed E-state index contributed by atoms with van der Waals surface area (Å²) in [5.41, 5.74) is 1.77. The highest BCUT2D eigenvalue weighted by atomic mass is 16.4. The highest BCUT2D eigenvalue weighted by Crippen LogP contribution is 2.33. The van der Waals surface area contributed by atoms with Gasteiger partial charge in [0.15, 0.2) is 5.89 Å². The topological polar surface area (TPSA) is 68.3 Å². The second-order valence-electron chi connectivity index (χ2n) is 6.39. The molecule has 0 bridgehead atoms. The zero-order valence-electron chi connectivity index (χ0n) is 12.7. The molecule has 2 aliphatic carbocycles. The van der Waals surface area contributed by atoms with Gasteiger partial charge in [0, 0.05) is 18.4 Å². The van der Waals surface area contributed by atoms with Crippen molar-refractivity contribution in [1.29, 1.82) is 0 Å². The minimum atomic E-state index is -0.175. The van der Waals surface area contributed by atoms with Gasteiger partial charge in [-0.2, -0.15) is 0 Å². The van der Waals surface area contributed by atoms with E-state index < -0.39 is 0 Å². The number of oxazole rings is 1. The molecule has 2 aliphatic rings. The van der Waals surface area contributed by atoms with Crippen LogP contribution < -0.4 is 5.32 Å². The smallest absolute Gasteiger partial charge is 0.289 e. The first kappa shape index (κ1) is 13.6. The van der Waals surface area contributed by atoms with Crippen molar-refractivity contribution in [2.75, 3.05) is 0 Å². The second kappa shape index (κ2) is 5.30. The molecular formula is C17H20N2O3. The maximum absolute atomic E-state index is 12.5. The number of carbonyl (C=O) groups excluding carboxylic acids is 1. The van der Waals surface area contributed by atoms with Crippen molar-refractivity contribution in [3.63, 3.8) is 0 Å². The predicted molar refractivity (Wildman–Crippen MR) is 79.5 cm³/mol. The normalized spacial score (nSPS) is 20.7. The number of amides is 1. The highest BCUT2D eigenvalue weighted by molar-refractivity contribution is 5.92. The number of carbonyl (C=O) groups is 1. The lowest BCUT2D eigenvalue weighted by molar-refractivity contribution is 0.0901. The number of rotatable bonds is 4. The summed E-state index contributed by atoms with van der Waals surface area (Å²) in [6.07, 6.45) is 7.93. The molecule has 5 heteroatoms. The Balaban J connectivity index is 1.49. The zero-order chi connectivity index (χ0) is 15.1. The quantitative estimate of drug-likeness (QED) is 0.940. The maximum atomic E-state index is 12.5. The Morgan fingerprint density at radius 1 is 1.41 bits per heavy atom. The summed E-state index contributed by atoms with van der Waals surface area (Å²) in [5.74, 6) is 2.55. The van der Waals surface area contributed by atoms with Crippen molar-refractivity contribution in [3.05, 3.63) is 41.0 Å². The fourth-order valence-electron chi connectivity index (χ4n) is 3.18. The van der Waals surface area contributed by atoms with E-state index in [0.717, 1.165) is 37.0 Å². The van der Waals surface area contributed by atoms with Gasteiger partial charge < -0.3 is 14.2 Å². The molecule has 0 saturated heterocycles. The van der Waals surface area contributed by atoms with E-state index in [0.29, 0.717) is 23.3 Å². The standard InChI is InChI=1S/C17H20N2O3/c1-10-16(22-15(18-10)9-11-5-6-11)17(20)19-13-3-2-4-14-12(13)7-8-21-14/h7-8,11,13H,2-6,9H2,1H3,(H,19,20)/t13-/m0/s1. The number of hydrogen-bond donors (Lipinski definition) is 1. The van der Waals surface area contributed by atoms with Gasteiger partial charge >= 0.3 is 0 Å². The third kappa shape index (κ3) is 2.56. The first-order valence-corrected chi connectivity index (χ1v) is 8.04. The molecule has 1 saturated carbocycles. The van der Waals surface area contributed by atoms with Gasteiger partial charge in [0.05, 0.1) is 18.0 Å². The van der Waals surface area contributed by atoms with Gasteiger partial charge in [-0.25, -0.2) is 4.98 Å². The largest absolute Gasteiger partial charge is 0.469 e. The number of hydrogen-bond acceptors (Lipinski definition) is 4. The Labute approximate surface area is 129 Å². The lowest BCUT2D eigenvalue weighted by Gasteiger charge is -2.22. The summed E-state index contributed by atoms with van der Waals surface area (Å²) in [7, 11) is 0. The van der Waals surface area contributed by atoms with Crippen LogP contribution in [-0.4, -0.2) is 10.9 Å². The van der Waals surface area contributed by atoms with E-state index in [1.165, 1.54) is 12.8 Å². The van der Waals surface area contributed by atoms with E-state index >= 15 is 0 Å². The van der Waals surface area contributed by atoms with Crippen molar-refractivity contribution in [2.45, 2.75) is 51.5 Å². The van der Waals surface area contributed by atoms with Crippen LogP contribution in [0.4, 0.5) is 0 Å². The Kier molecular flexibility index (Phi) is 3.28. The molecule has 0 spiro atoms. The third-order valence-electron chi connectivity index (χ3n) is 4.56. The molecule has 0 aliphatic heterocycles. The van der Waals surface area contributed by atoms with Crippen LogP contribution in [0, 0.1) is 12.8 Å². The first-order valence-electron chi connectivity index (χ1n) is 8.04. The lowest BCUT2D eigenvalue weighted by atomic mass is 9.93. The van der Waals surface area contributed by atoms with Crippen molar-refractivity contribution in [2.24, 2.45) is 5.92 Å². The molecule has 1 N–H and O–H groups in total. The molecule has 5 nitrogen and oxygen atoms in total. The van der Waals surface area contributed by atoms with E-state index in [4.69, 9.17) is 8.83 Å². The van der Waals surface area contributed by atoms with Gasteiger partial charge in [-0.3, -0.25) is 4.79 Å². The lowest BCUT2D eigenvalue weighted by Crippen LogP contribution is -2.30. The van der Waals surface area contributed by atoms with E-state index in [1.807, 2.05) is 13.0 Å². The van der Waals surface area contributed by atoms with Gasteiger partial charge in [-0.05, 0) is 44.6 Å². The van der Waals surface area contributed by atoms with Crippen molar-refractivity contribution < 1.29 is 13.6 Å². The molecule has 22 heavy (non-hydrogen) atoms. The zero-order valence-corrected chi connectivity index (χ0v) is 12.7. The van der Waals surface area contributed by atoms with E-state index in [9.17, 15) is 4.79 Å². The molecule has 1 atom stereocenters. The monoisotopic (exact) mass is 300 g/mol. The van der Waals surface area contributed by atoms with Gasteiger partial charge in [0.25, 0.3) is 5.91 Å². The molecule has 4 rings (SSSR count). The number of nitrogens with one attached hydrogen (secondary N) is 1. The van der Waals surface area contributed by atoms with Gasteiger partial charge in [0.1, 0.15) is 5.76 Å². The number of aromatic nitrogens is 1. The van der Waals surface area contributed by atoms with Crippen LogP contribution in [-0.2, 0) is 12.8 Å². The molecular weight excluding hydrogens is 280 g/mol. The van der Waals surface area contributed by atoms with Crippen molar-refractivity contribution in [3.8, 4) is 0 Å². The number of aryl methyl sites for hydroxylation is 2. The summed E-state index contributed by atoms with van der Waals surface area (Å²) in [6, 6.07) is 1.96. The Hall–Kier alpha value is -2.04. The SMILES string of the molecule is Cc1nc(CC2CC2)oc1C(=O)N[C@H]1CCCc2occc21. The fraction of sp³-hybridized carbons (Fsp3) is 0.529. The van der Waals surface area contributed by atoms with Crippen molar-refractivity contribution in [1.82, 2.24) is 10.3 Å². The van der Waals surface area contributed by atoms with Crippen LogP contribution in [0.5, 0.6) is 0 Å². The minimum absolute atomic E-state index is 0.00591. The molecule has 1 amide bonds. The molecule has 2 aromatic rings. The summed E-state index contributed by atoms with van der Waals surface area (Å²) in [4.78, 5) is 16.9. The van der Waals surface area contributed by atoms with Crippen LogP contribution in [0.1, 0.15) is 65.2 Å². The molecule has 1 fully saturated rings. The maximum Gasteiger partial charge on any atom is 0.289 e. The van der Waals surface area contributed by atoms with Crippen LogP contribution in [0.25, 0.3) is 0 Å². The third-order valence-corrected chi connectivity index (χ3v) is 4.56. The molecule has 0 unspecified atom stereocenters. The summed E-state index contributed by atoms with van der Waals surface area (Å²) in [6.45, 7) is 1.83. The van der Waals surface area contributed by atoms with Crippen LogP contribution in [0.15, 0.2) is 21.2 Å². The second-order valence-corrected chi connectivity index (χ2v) is 6.39. The molecule has 116 valence electrons. The van der Waals surface area contributed by atoms with Gasteiger partial charge in [-0.15, -0.1) is 0 Å². The van der Waals surface area contributed by atoms with E-state index in [1.54, 1.807) is 6.26 Å². The van der Waals surface area contributed by atoms with Crippen molar-refractivity contribution >= 4 is 5.91 Å². The van der Waals surface area contributed by atoms with Crippen LogP contribution in [0.3, 0.4) is 0 Å². The van der Waals surface area contributed by atoms with Gasteiger partial charge in [0.2, 0.25) is 5.76 Å². The minimum Gasteiger partial charge on any atom is -0.469 e. The Morgan fingerprint density at radius 2 is 2.27 bits per heavy atom. The van der Waals surface area contributed by atoms with Crippen LogP contribution >= 0.6 is 0 Å². The first-order chi connectivity index (χ1) is 10.7. The molecule has 0 radical (unpaired) electrons. The summed E-state index contributed by atoms with van der Waals surface area (Å²) >= 11 is 0. The fourth-order valence-corrected chi connectivity index (χ4v) is 3.18. The molecule has 2 heterocycles. The predicted octanol–water partition coefficient (Wildman–Crippen LogP) is 3.34. The molecule has 0 aromatic carbocycles. The van der Waals surface area contributed by atoms with Gasteiger partial charge in [-0.1, -0.05) is 0 Å². The Morgan fingerprint density at radius 3 is 3.09 bits per heavy atom. The van der Waals surface area contributed by atoms with E-state index in [-0.39, 0.29) is 11.9 Å². The average molecular weight is 300 g/mol. The Bertz CT molecular complexity index is 697. The number of nitrogens with zero attached hydrogens (tertiary/aromatic N) is 1. The number of furan rings is 1. The van der Waals surface area contributed by atoms with Crippen LogP contribution in [0.2, 0.25) is 0 Å². The van der Waals surface area contributed by atoms with E-state index in [2.05, 4.69) is 10.3 Å². The summed E-state index contributed by atoms with van der Waals surface area (Å²) in [5, 5.41) is 3.07. The highest BCUT2D eigenvalue weighted by Gasteiger charge is 2.28. The molecule has 2 aromatic heterocycles. The average Bonchev–Trinajstić information content (AvgIpc) is 3.03. The summed E-state index contributed by atoms with van der Waals surface area (Å²) < 4.78 is 11.2. The number of fused-ring (bicyclic) bond motifs is 1.